The van der Waals surface area contributed by atoms with E-state index in [9.17, 15) is 30.6 Å². The van der Waals surface area contributed by atoms with E-state index in [2.05, 4.69) is 19.7 Å². The summed E-state index contributed by atoms with van der Waals surface area (Å²) in [5, 5.41) is -0.312. The molecule has 15 heteroatoms. The lowest BCUT2D eigenvalue weighted by atomic mass is 10.3. The fraction of sp³-hybridized carbons (Fsp3) is 0.312. The molecule has 3 rings (SSSR count). The number of rotatable bonds is 6. The monoisotopic (exact) mass is 488 g/mol. The van der Waals surface area contributed by atoms with Gasteiger partial charge in [0.05, 0.1) is 21.9 Å². The Balaban J connectivity index is 0.00000341. The number of imidazole rings is 1. The van der Waals surface area contributed by atoms with E-state index >= 15 is 0 Å². The molecule has 1 unspecified atom stereocenters. The van der Waals surface area contributed by atoms with Gasteiger partial charge in [-0.15, -0.1) is 0 Å². The Morgan fingerprint density at radius 2 is 1.87 bits per heavy atom. The van der Waals surface area contributed by atoms with E-state index in [-0.39, 0.29) is 43.9 Å². The van der Waals surface area contributed by atoms with E-state index in [0.29, 0.717) is 0 Å². The second-order valence-electron chi connectivity index (χ2n) is 5.72. The normalized spacial score (nSPS) is 13.1. The minimum Gasteiger partial charge on any atom is -0.482 e. The molecule has 3 aromatic rings. The highest BCUT2D eigenvalue weighted by Crippen LogP contribution is 2.36. The summed E-state index contributed by atoms with van der Waals surface area (Å²) in [6.07, 6.45) is -0.968. The van der Waals surface area contributed by atoms with Gasteiger partial charge in [0.15, 0.2) is 6.61 Å². The van der Waals surface area contributed by atoms with Gasteiger partial charge in [-0.3, -0.25) is 8.61 Å². The summed E-state index contributed by atoms with van der Waals surface area (Å²) in [4.78, 5) is 12.0. The molecule has 3 heterocycles. The van der Waals surface area contributed by atoms with Crippen LogP contribution in [-0.4, -0.2) is 53.1 Å². The molecule has 0 aliphatic rings. The third-order valence-corrected chi connectivity index (χ3v) is 5.51. The van der Waals surface area contributed by atoms with E-state index < -0.39 is 40.9 Å². The van der Waals surface area contributed by atoms with Gasteiger partial charge in [-0.05, 0) is 0 Å². The summed E-state index contributed by atoms with van der Waals surface area (Å²) in [5.41, 5.74) is -4.09. The number of pyridine rings is 1. The molecule has 0 aliphatic heterocycles. The lowest BCUT2D eigenvalue weighted by molar-refractivity contribution is -0.153. The van der Waals surface area contributed by atoms with E-state index in [4.69, 9.17) is 0 Å². The first kappa shape index (κ1) is 24.9. The zero-order valence-electron chi connectivity index (χ0n) is 15.5. The number of hydrogen-bond acceptors (Lipinski definition) is 6. The van der Waals surface area contributed by atoms with Crippen molar-refractivity contribution in [3.8, 4) is 17.1 Å². The first-order valence-electron chi connectivity index (χ1n) is 8.14. The average molecular weight is 488 g/mol. The number of alkyl halides is 6. The Bertz CT molecular complexity index is 1090. The standard InChI is InChI=1S/C16H12F6N4O2S2.H2O/c1-2-30(27)11-3-9(28-7-15(17,18)19)5-23-14(11)10-6-26-8-24-13(4-12(26)25-10)29-16(20,21)22;/h3-6,8H,2,7H2,1H3;1H2. The van der Waals surface area contributed by atoms with Gasteiger partial charge >= 0.3 is 11.7 Å². The van der Waals surface area contributed by atoms with E-state index in [1.165, 1.54) is 16.7 Å². The SMILES string of the molecule is CCS(=O)c1cc(OCC(F)(F)F)cnc1-c1cn2cnc(SC(F)(F)F)cc2n1.O. The molecule has 0 aliphatic carbocycles. The second-order valence-corrected chi connectivity index (χ2v) is 8.52. The fourth-order valence-electron chi connectivity index (χ4n) is 2.35. The molecular weight excluding hydrogens is 474 g/mol. The summed E-state index contributed by atoms with van der Waals surface area (Å²) in [6.45, 7) is 0.0727. The van der Waals surface area contributed by atoms with Gasteiger partial charge in [0.2, 0.25) is 0 Å². The Morgan fingerprint density at radius 3 is 2.48 bits per heavy atom. The minimum absolute atomic E-state index is 0. The van der Waals surface area contributed by atoms with Crippen molar-refractivity contribution in [2.75, 3.05) is 12.4 Å². The summed E-state index contributed by atoms with van der Waals surface area (Å²) in [5.74, 6) is -0.0687. The molecule has 0 saturated carbocycles. The summed E-state index contributed by atoms with van der Waals surface area (Å²) >= 11 is -0.395. The van der Waals surface area contributed by atoms with Gasteiger partial charge in [0, 0.05) is 35.8 Å². The van der Waals surface area contributed by atoms with Crippen molar-refractivity contribution in [2.45, 2.75) is 28.5 Å². The molecule has 1 atom stereocenters. The molecular formula is C16H14F6N4O3S2. The zero-order chi connectivity index (χ0) is 22.1. The van der Waals surface area contributed by atoms with Crippen LogP contribution >= 0.6 is 11.8 Å². The van der Waals surface area contributed by atoms with Crippen LogP contribution in [0.15, 0.2) is 40.8 Å². The van der Waals surface area contributed by atoms with Crippen LogP contribution in [0.5, 0.6) is 5.75 Å². The highest BCUT2D eigenvalue weighted by atomic mass is 32.2. The van der Waals surface area contributed by atoms with Crippen molar-refractivity contribution in [1.29, 1.82) is 0 Å². The third-order valence-electron chi connectivity index (χ3n) is 3.52. The maximum Gasteiger partial charge on any atom is 0.447 e. The number of thioether (sulfide) groups is 1. The number of aromatic nitrogens is 4. The van der Waals surface area contributed by atoms with Gasteiger partial charge in [0.25, 0.3) is 0 Å². The average Bonchev–Trinajstić information content (AvgIpc) is 3.06. The van der Waals surface area contributed by atoms with Crippen molar-refractivity contribution in [3.05, 3.63) is 30.9 Å². The third kappa shape index (κ3) is 6.54. The Morgan fingerprint density at radius 1 is 1.16 bits per heavy atom. The van der Waals surface area contributed by atoms with Crippen LogP contribution in [0.2, 0.25) is 0 Å². The van der Waals surface area contributed by atoms with Gasteiger partial charge in [-0.2, -0.15) is 26.3 Å². The number of nitrogens with zero attached hydrogens (tertiary/aromatic N) is 4. The molecule has 31 heavy (non-hydrogen) atoms. The minimum atomic E-state index is -4.55. The van der Waals surface area contributed by atoms with Crippen LogP contribution in [0, 0.1) is 0 Å². The summed E-state index contributed by atoms with van der Waals surface area (Å²) < 4.78 is 93.1. The van der Waals surface area contributed by atoms with Crippen LogP contribution in [0.25, 0.3) is 17.0 Å². The number of fused-ring (bicyclic) bond motifs is 1. The smallest absolute Gasteiger partial charge is 0.447 e. The van der Waals surface area contributed by atoms with Crippen molar-refractivity contribution in [2.24, 2.45) is 0 Å². The maximum absolute atomic E-state index is 12.5. The van der Waals surface area contributed by atoms with Crippen LogP contribution < -0.4 is 4.74 Å². The summed E-state index contributed by atoms with van der Waals surface area (Å²) in [7, 11) is -1.62. The Hall–Kier alpha value is -2.39. The molecule has 2 N–H and O–H groups in total. The number of halogens is 6. The van der Waals surface area contributed by atoms with Crippen molar-refractivity contribution < 1.29 is 40.8 Å². The molecule has 0 spiro atoms. The summed E-state index contributed by atoms with van der Waals surface area (Å²) in [6, 6.07) is 2.31. The van der Waals surface area contributed by atoms with Crippen molar-refractivity contribution >= 4 is 28.2 Å². The van der Waals surface area contributed by atoms with Crippen LogP contribution in [0.1, 0.15) is 6.92 Å². The predicted octanol–water partition coefficient (Wildman–Crippen LogP) is 3.65. The highest BCUT2D eigenvalue weighted by molar-refractivity contribution is 8.00. The van der Waals surface area contributed by atoms with E-state index in [0.717, 1.165) is 18.6 Å². The predicted molar refractivity (Wildman–Crippen MR) is 100 cm³/mol. The molecule has 0 aromatic carbocycles. The molecule has 0 amide bonds. The molecule has 0 radical (unpaired) electrons. The Kier molecular flexibility index (Phi) is 7.54. The van der Waals surface area contributed by atoms with Crippen molar-refractivity contribution in [1.82, 2.24) is 19.4 Å². The van der Waals surface area contributed by atoms with Gasteiger partial charge in [-0.25, -0.2) is 15.0 Å². The quantitative estimate of drug-likeness (QED) is 0.298. The number of ether oxygens (including phenoxy) is 1. The first-order valence-corrected chi connectivity index (χ1v) is 10.3. The lowest BCUT2D eigenvalue weighted by Crippen LogP contribution is -2.19. The topological polar surface area (TPSA) is 101 Å². The maximum atomic E-state index is 12.5. The zero-order valence-corrected chi connectivity index (χ0v) is 17.1. The number of hydrogen-bond donors (Lipinski definition) is 0. The largest absolute Gasteiger partial charge is 0.482 e. The van der Waals surface area contributed by atoms with Crippen LogP contribution in [0.3, 0.4) is 0 Å². The van der Waals surface area contributed by atoms with Gasteiger partial charge in [-0.1, -0.05) is 6.92 Å². The van der Waals surface area contributed by atoms with Crippen LogP contribution in [-0.2, 0) is 10.8 Å². The van der Waals surface area contributed by atoms with E-state index in [1.54, 1.807) is 6.92 Å². The van der Waals surface area contributed by atoms with Gasteiger partial charge < -0.3 is 10.2 Å². The van der Waals surface area contributed by atoms with Crippen LogP contribution in [0.4, 0.5) is 26.3 Å². The van der Waals surface area contributed by atoms with E-state index in [1.807, 2.05) is 0 Å². The molecule has 0 bridgehead atoms. The molecule has 170 valence electrons. The highest BCUT2D eigenvalue weighted by Gasteiger charge is 2.30. The fourth-order valence-corrected chi connectivity index (χ4v) is 3.79. The lowest BCUT2D eigenvalue weighted by Gasteiger charge is -2.11. The van der Waals surface area contributed by atoms with Gasteiger partial charge in [0.1, 0.15) is 34.1 Å². The van der Waals surface area contributed by atoms with Crippen molar-refractivity contribution in [3.63, 3.8) is 0 Å². The first-order chi connectivity index (χ1) is 13.9. The molecule has 7 nitrogen and oxygen atoms in total. The Labute approximate surface area is 177 Å². The second kappa shape index (κ2) is 9.40. The molecule has 3 aromatic heterocycles. The molecule has 0 saturated heterocycles. The molecule has 0 fully saturated rings.